The predicted octanol–water partition coefficient (Wildman–Crippen LogP) is 6.07. The molecule has 0 aromatic rings. The molecule has 0 saturated carbocycles. The van der Waals surface area contributed by atoms with Crippen molar-refractivity contribution in [3.8, 4) is 0 Å². The summed E-state index contributed by atoms with van der Waals surface area (Å²) in [6.45, 7) is 13.4. The zero-order chi connectivity index (χ0) is 30.9. The van der Waals surface area contributed by atoms with Gasteiger partial charge in [-0.1, -0.05) is 86.1 Å². The lowest BCUT2D eigenvalue weighted by Crippen LogP contribution is -2.27. The van der Waals surface area contributed by atoms with Crippen LogP contribution < -0.4 is 0 Å². The fourth-order valence-corrected chi connectivity index (χ4v) is 4.40. The Morgan fingerprint density at radius 3 is 2.37 bits per heavy atom. The lowest BCUT2D eigenvalue weighted by molar-refractivity contribution is -0.151. The first-order valence-electron chi connectivity index (χ1n) is 14.8. The maximum absolute atomic E-state index is 12.6. The number of aliphatic hydroxyl groups excluding tert-OH is 3. The van der Waals surface area contributed by atoms with Gasteiger partial charge in [0.2, 0.25) is 0 Å². The number of hydrogen-bond acceptors (Lipinski definition) is 7. The van der Waals surface area contributed by atoms with Crippen molar-refractivity contribution in [2.45, 2.75) is 118 Å². The topological polar surface area (TPSA) is 113 Å². The summed E-state index contributed by atoms with van der Waals surface area (Å²) in [6, 6.07) is 0. The van der Waals surface area contributed by atoms with E-state index in [4.69, 9.17) is 9.47 Å². The van der Waals surface area contributed by atoms with Crippen molar-refractivity contribution < 1.29 is 34.4 Å². The number of hydrogen-bond donors (Lipinski definition) is 3. The van der Waals surface area contributed by atoms with E-state index in [2.05, 4.69) is 32.9 Å². The molecule has 7 nitrogen and oxygen atoms in total. The number of ether oxygens (including phenoxy) is 2. The average Bonchev–Trinajstić information content (AvgIpc) is 2.87. The summed E-state index contributed by atoms with van der Waals surface area (Å²) >= 11 is 0. The Kier molecular flexibility index (Phi) is 17.2. The molecule has 0 aromatic heterocycles. The number of cyclic esters (lactones) is 1. The Morgan fingerprint density at radius 2 is 1.71 bits per heavy atom. The highest BCUT2D eigenvalue weighted by Crippen LogP contribution is 2.22. The van der Waals surface area contributed by atoms with Crippen molar-refractivity contribution in [2.24, 2.45) is 11.8 Å². The molecular weight excluding hydrogens is 520 g/mol. The summed E-state index contributed by atoms with van der Waals surface area (Å²) in [5.74, 6) is -0.228. The van der Waals surface area contributed by atoms with Gasteiger partial charge < -0.3 is 24.8 Å². The zero-order valence-electron chi connectivity index (χ0n) is 26.0. The molecular formula is C34H52O7. The van der Waals surface area contributed by atoms with E-state index in [9.17, 15) is 24.9 Å². The number of rotatable bonds is 11. The normalized spacial score (nSPS) is 24.6. The fraction of sp³-hybridized carbons (Fsp3) is 0.588. The van der Waals surface area contributed by atoms with E-state index in [0.29, 0.717) is 25.7 Å². The highest BCUT2D eigenvalue weighted by molar-refractivity contribution is 5.82. The summed E-state index contributed by atoms with van der Waals surface area (Å²) in [6.07, 6.45) is 16.3. The number of aliphatic hydroxyl groups is 3. The van der Waals surface area contributed by atoms with Crippen LogP contribution in [0.15, 0.2) is 71.4 Å². The minimum absolute atomic E-state index is 0.102. The van der Waals surface area contributed by atoms with Gasteiger partial charge in [0.1, 0.15) is 12.2 Å². The summed E-state index contributed by atoms with van der Waals surface area (Å²) in [7, 11) is 0. The van der Waals surface area contributed by atoms with Gasteiger partial charge in [0.05, 0.1) is 18.3 Å². The molecule has 1 aliphatic rings. The van der Waals surface area contributed by atoms with Crippen LogP contribution in [0, 0.1) is 11.8 Å². The smallest absolute Gasteiger partial charge is 0.331 e. The van der Waals surface area contributed by atoms with Crippen LogP contribution in [0.25, 0.3) is 0 Å². The number of carbonyl (C=O) groups is 2. The van der Waals surface area contributed by atoms with Gasteiger partial charge in [-0.25, -0.2) is 4.79 Å². The minimum Gasteiger partial charge on any atom is -0.462 e. The quantitative estimate of drug-likeness (QED) is 0.119. The first-order valence-corrected chi connectivity index (χ1v) is 14.8. The second-order valence-electron chi connectivity index (χ2n) is 11.6. The number of esters is 2. The second-order valence-corrected chi connectivity index (χ2v) is 11.6. The van der Waals surface area contributed by atoms with E-state index in [1.54, 1.807) is 19.1 Å². The Balaban J connectivity index is 2.73. The van der Waals surface area contributed by atoms with Crippen molar-refractivity contribution in [2.75, 3.05) is 0 Å². The van der Waals surface area contributed by atoms with Gasteiger partial charge >= 0.3 is 11.9 Å². The van der Waals surface area contributed by atoms with Crippen LogP contribution in [-0.4, -0.2) is 57.8 Å². The Bertz CT molecular complexity index is 997. The molecule has 0 unspecified atom stereocenters. The average molecular weight is 573 g/mol. The molecule has 7 heteroatoms. The van der Waals surface area contributed by atoms with E-state index >= 15 is 0 Å². The van der Waals surface area contributed by atoms with Gasteiger partial charge in [0, 0.05) is 25.3 Å². The molecule has 1 rings (SSSR count). The molecule has 0 aromatic carbocycles. The van der Waals surface area contributed by atoms with Gasteiger partial charge in [-0.2, -0.15) is 0 Å². The molecule has 41 heavy (non-hydrogen) atoms. The van der Waals surface area contributed by atoms with Crippen molar-refractivity contribution in [1.82, 2.24) is 0 Å². The largest absolute Gasteiger partial charge is 0.462 e. The SMILES string of the molecule is CC(=CC=CC(C)=C[C@@H](O)[C@H](O)C[C@@H](C)O)C=C(C)C=CC(=O)O[C@H]1CCCC(=O)O[C@@H](C(C)C)CC=CC[C@@H]1C. The summed E-state index contributed by atoms with van der Waals surface area (Å²) in [5, 5.41) is 29.3. The molecule has 0 amide bonds. The van der Waals surface area contributed by atoms with Gasteiger partial charge in [-0.05, 0) is 58.8 Å². The predicted molar refractivity (Wildman–Crippen MR) is 164 cm³/mol. The molecule has 3 N–H and O–H groups in total. The van der Waals surface area contributed by atoms with Crippen LogP contribution in [-0.2, 0) is 19.1 Å². The first kappa shape index (κ1) is 36.3. The lowest BCUT2D eigenvalue weighted by atomic mass is 9.94. The van der Waals surface area contributed by atoms with E-state index in [-0.39, 0.29) is 36.4 Å². The van der Waals surface area contributed by atoms with E-state index < -0.39 is 24.3 Å². The molecule has 0 spiro atoms. The molecule has 0 aliphatic carbocycles. The number of allylic oxidation sites excluding steroid dienone is 9. The summed E-state index contributed by atoms with van der Waals surface area (Å²) < 4.78 is 11.4. The third-order valence-electron chi connectivity index (χ3n) is 6.91. The molecule has 1 heterocycles. The highest BCUT2D eigenvalue weighted by atomic mass is 16.5. The molecule has 230 valence electrons. The van der Waals surface area contributed by atoms with Crippen LogP contribution in [0.5, 0.6) is 0 Å². The Morgan fingerprint density at radius 1 is 1.02 bits per heavy atom. The monoisotopic (exact) mass is 572 g/mol. The Labute approximate surface area is 247 Å². The minimum atomic E-state index is -1.05. The van der Waals surface area contributed by atoms with E-state index in [1.165, 1.54) is 6.08 Å². The van der Waals surface area contributed by atoms with Gasteiger partial charge in [0.25, 0.3) is 0 Å². The lowest BCUT2D eigenvalue weighted by Gasteiger charge is -2.24. The third kappa shape index (κ3) is 16.3. The van der Waals surface area contributed by atoms with Gasteiger partial charge in [-0.15, -0.1) is 0 Å². The second kappa shape index (κ2) is 19.4. The van der Waals surface area contributed by atoms with Gasteiger partial charge in [-0.3, -0.25) is 4.79 Å². The van der Waals surface area contributed by atoms with Crippen LogP contribution in [0.2, 0.25) is 0 Å². The maximum atomic E-state index is 12.6. The maximum Gasteiger partial charge on any atom is 0.331 e. The zero-order valence-corrected chi connectivity index (χ0v) is 26.0. The standard InChI is InChI=1S/C34H52O7/c1-23(2)31-15-9-8-14-27(6)32(16-11-17-33(38)40-31)41-34(39)19-18-26(5)20-24(3)12-10-13-25(4)21-29(36)30(37)22-28(7)35/h8-10,12-13,18-21,23,27-32,35-37H,11,14-17,22H2,1-7H3/t27-,28+,29+,30+,31+,32-/m0/s1. The van der Waals surface area contributed by atoms with Gasteiger partial charge in [0.15, 0.2) is 0 Å². The number of carbonyl (C=O) groups excluding carboxylic acids is 2. The third-order valence-corrected chi connectivity index (χ3v) is 6.91. The van der Waals surface area contributed by atoms with Crippen LogP contribution in [0.3, 0.4) is 0 Å². The van der Waals surface area contributed by atoms with Crippen LogP contribution in [0.1, 0.15) is 87.0 Å². The molecule has 0 saturated heterocycles. The van der Waals surface area contributed by atoms with E-state index in [1.807, 2.05) is 45.1 Å². The van der Waals surface area contributed by atoms with E-state index in [0.717, 1.165) is 23.1 Å². The van der Waals surface area contributed by atoms with Crippen molar-refractivity contribution in [3.05, 3.63) is 71.4 Å². The van der Waals surface area contributed by atoms with Crippen molar-refractivity contribution in [1.29, 1.82) is 0 Å². The Hall–Kier alpha value is -2.74. The van der Waals surface area contributed by atoms with Crippen LogP contribution >= 0.6 is 0 Å². The fourth-order valence-electron chi connectivity index (χ4n) is 4.40. The van der Waals surface area contributed by atoms with Crippen molar-refractivity contribution in [3.63, 3.8) is 0 Å². The molecule has 0 fully saturated rings. The summed E-state index contributed by atoms with van der Waals surface area (Å²) in [4.78, 5) is 24.9. The molecule has 6 atom stereocenters. The molecule has 0 bridgehead atoms. The molecule has 1 aliphatic heterocycles. The first-order chi connectivity index (χ1) is 19.3. The van der Waals surface area contributed by atoms with Crippen LogP contribution in [0.4, 0.5) is 0 Å². The molecule has 0 radical (unpaired) electrons. The van der Waals surface area contributed by atoms with Crippen molar-refractivity contribution >= 4 is 11.9 Å². The highest BCUT2D eigenvalue weighted by Gasteiger charge is 2.23. The summed E-state index contributed by atoms with van der Waals surface area (Å²) in [5.41, 5.74) is 2.62.